The van der Waals surface area contributed by atoms with Gasteiger partial charge in [0.25, 0.3) is 0 Å². The van der Waals surface area contributed by atoms with Gasteiger partial charge in [0.2, 0.25) is 0 Å². The van der Waals surface area contributed by atoms with Crippen LogP contribution in [0.1, 0.15) is 17.2 Å². The number of aryl methyl sites for hydroxylation is 1. The number of hydrogen-bond donors (Lipinski definition) is 2. The van der Waals surface area contributed by atoms with Gasteiger partial charge in [0.1, 0.15) is 0 Å². The van der Waals surface area contributed by atoms with Crippen LogP contribution in [-0.2, 0) is 0 Å². The zero-order valence-electron chi connectivity index (χ0n) is 8.33. The summed E-state index contributed by atoms with van der Waals surface area (Å²) >= 11 is 0. The van der Waals surface area contributed by atoms with Gasteiger partial charge in [-0.1, -0.05) is 5.92 Å². The van der Waals surface area contributed by atoms with Gasteiger partial charge in [-0.3, -0.25) is 10.3 Å². The van der Waals surface area contributed by atoms with Gasteiger partial charge in [0, 0.05) is 25.0 Å². The molecular weight excluding hydrogens is 174 g/mol. The number of nitrogens with zero attached hydrogens (tertiary/aromatic N) is 1. The van der Waals surface area contributed by atoms with Crippen molar-refractivity contribution in [3.8, 4) is 12.3 Å². The third-order valence-corrected chi connectivity index (χ3v) is 2.14. The van der Waals surface area contributed by atoms with E-state index < -0.39 is 0 Å². The van der Waals surface area contributed by atoms with Gasteiger partial charge in [0.15, 0.2) is 0 Å². The third-order valence-electron chi connectivity index (χ3n) is 2.14. The summed E-state index contributed by atoms with van der Waals surface area (Å²) in [7, 11) is 0. The molecule has 1 aromatic heterocycles. The van der Waals surface area contributed by atoms with Crippen LogP contribution in [0.5, 0.6) is 0 Å². The number of terminal acetylenes is 1. The van der Waals surface area contributed by atoms with Gasteiger partial charge < -0.3 is 5.73 Å². The van der Waals surface area contributed by atoms with E-state index in [1.165, 1.54) is 5.56 Å². The van der Waals surface area contributed by atoms with E-state index in [2.05, 4.69) is 16.2 Å². The first-order chi connectivity index (χ1) is 6.79. The van der Waals surface area contributed by atoms with Crippen molar-refractivity contribution in [2.75, 3.05) is 13.1 Å². The average Bonchev–Trinajstić information content (AvgIpc) is 2.21. The first kappa shape index (κ1) is 10.7. The summed E-state index contributed by atoms with van der Waals surface area (Å²) in [5, 5.41) is 3.18. The summed E-state index contributed by atoms with van der Waals surface area (Å²) in [5.74, 6) is 2.53. The zero-order chi connectivity index (χ0) is 10.4. The zero-order valence-corrected chi connectivity index (χ0v) is 8.33. The van der Waals surface area contributed by atoms with Crippen LogP contribution in [0.2, 0.25) is 0 Å². The molecule has 1 heterocycles. The summed E-state index contributed by atoms with van der Waals surface area (Å²) in [4.78, 5) is 4.08. The molecule has 1 aromatic rings. The van der Waals surface area contributed by atoms with Crippen molar-refractivity contribution in [3.05, 3.63) is 29.6 Å². The van der Waals surface area contributed by atoms with Crippen molar-refractivity contribution in [2.45, 2.75) is 13.0 Å². The maximum Gasteiger partial charge on any atom is 0.0579 e. The minimum Gasteiger partial charge on any atom is -0.329 e. The molecule has 0 saturated heterocycles. The molecule has 3 nitrogen and oxygen atoms in total. The normalized spacial score (nSPS) is 12.1. The van der Waals surface area contributed by atoms with Crippen LogP contribution < -0.4 is 11.1 Å². The van der Waals surface area contributed by atoms with E-state index in [0.29, 0.717) is 13.1 Å². The van der Waals surface area contributed by atoms with E-state index in [1.54, 1.807) is 6.20 Å². The SMILES string of the molecule is C#CCNC(CN)c1cnccc1C. The first-order valence-electron chi connectivity index (χ1n) is 4.57. The van der Waals surface area contributed by atoms with E-state index in [4.69, 9.17) is 12.2 Å². The summed E-state index contributed by atoms with van der Waals surface area (Å²) in [5.41, 5.74) is 7.95. The Balaban J connectivity index is 2.79. The lowest BCUT2D eigenvalue weighted by molar-refractivity contribution is 0.577. The minimum absolute atomic E-state index is 0.0970. The third kappa shape index (κ3) is 2.56. The minimum atomic E-state index is 0.0970. The maximum atomic E-state index is 5.66. The number of rotatable bonds is 4. The molecule has 1 atom stereocenters. The molecule has 3 N–H and O–H groups in total. The fraction of sp³-hybridized carbons (Fsp3) is 0.364. The Kier molecular flexibility index (Phi) is 4.11. The van der Waals surface area contributed by atoms with Crippen LogP contribution in [0.4, 0.5) is 0 Å². The molecule has 14 heavy (non-hydrogen) atoms. The quantitative estimate of drug-likeness (QED) is 0.682. The van der Waals surface area contributed by atoms with Gasteiger partial charge in [-0.2, -0.15) is 0 Å². The highest BCUT2D eigenvalue weighted by molar-refractivity contribution is 5.25. The van der Waals surface area contributed by atoms with E-state index in [9.17, 15) is 0 Å². The molecule has 1 rings (SSSR count). The second-order valence-corrected chi connectivity index (χ2v) is 3.11. The summed E-state index contributed by atoms with van der Waals surface area (Å²) in [6.45, 7) is 3.08. The highest BCUT2D eigenvalue weighted by Crippen LogP contribution is 2.14. The van der Waals surface area contributed by atoms with Gasteiger partial charge in [0.05, 0.1) is 6.54 Å². The Labute approximate surface area is 84.7 Å². The Bertz CT molecular complexity index is 328. The number of nitrogens with one attached hydrogen (secondary N) is 1. The van der Waals surface area contributed by atoms with E-state index in [0.717, 1.165) is 5.56 Å². The lowest BCUT2D eigenvalue weighted by Crippen LogP contribution is -2.29. The van der Waals surface area contributed by atoms with Crippen LogP contribution >= 0.6 is 0 Å². The molecule has 0 fully saturated rings. The monoisotopic (exact) mass is 189 g/mol. The van der Waals surface area contributed by atoms with Crippen molar-refractivity contribution >= 4 is 0 Å². The molecule has 0 spiro atoms. The number of pyridine rings is 1. The molecule has 0 aliphatic rings. The van der Waals surface area contributed by atoms with E-state index in [1.807, 2.05) is 19.2 Å². The van der Waals surface area contributed by atoms with Crippen molar-refractivity contribution in [1.29, 1.82) is 0 Å². The van der Waals surface area contributed by atoms with Gasteiger partial charge in [-0.05, 0) is 24.1 Å². The van der Waals surface area contributed by atoms with Gasteiger partial charge >= 0.3 is 0 Å². The number of hydrogen-bond acceptors (Lipinski definition) is 3. The Morgan fingerprint density at radius 2 is 2.50 bits per heavy atom. The number of aromatic nitrogens is 1. The lowest BCUT2D eigenvalue weighted by atomic mass is 10.0. The van der Waals surface area contributed by atoms with E-state index in [-0.39, 0.29) is 6.04 Å². The van der Waals surface area contributed by atoms with Gasteiger partial charge in [-0.15, -0.1) is 6.42 Å². The molecule has 0 aromatic carbocycles. The highest BCUT2D eigenvalue weighted by Gasteiger charge is 2.10. The van der Waals surface area contributed by atoms with Crippen molar-refractivity contribution in [2.24, 2.45) is 5.73 Å². The molecule has 74 valence electrons. The van der Waals surface area contributed by atoms with E-state index >= 15 is 0 Å². The molecule has 0 aliphatic heterocycles. The van der Waals surface area contributed by atoms with Gasteiger partial charge in [-0.25, -0.2) is 0 Å². The predicted octanol–water partition coefficient (Wildman–Crippen LogP) is 0.613. The van der Waals surface area contributed by atoms with Crippen LogP contribution in [0.3, 0.4) is 0 Å². The second kappa shape index (κ2) is 5.38. The average molecular weight is 189 g/mol. The maximum absolute atomic E-state index is 5.66. The molecule has 1 unspecified atom stereocenters. The Hall–Kier alpha value is -1.37. The fourth-order valence-corrected chi connectivity index (χ4v) is 1.34. The fourth-order valence-electron chi connectivity index (χ4n) is 1.34. The molecule has 3 heteroatoms. The van der Waals surface area contributed by atoms with Crippen LogP contribution in [-0.4, -0.2) is 18.1 Å². The topological polar surface area (TPSA) is 50.9 Å². The summed E-state index contributed by atoms with van der Waals surface area (Å²) in [6.07, 6.45) is 8.78. The molecular formula is C11H15N3. The predicted molar refractivity (Wildman–Crippen MR) is 57.6 cm³/mol. The molecule has 0 radical (unpaired) electrons. The van der Waals surface area contributed by atoms with Crippen molar-refractivity contribution in [3.63, 3.8) is 0 Å². The summed E-state index contributed by atoms with van der Waals surface area (Å²) < 4.78 is 0. The van der Waals surface area contributed by atoms with Crippen LogP contribution in [0.25, 0.3) is 0 Å². The Morgan fingerprint density at radius 3 is 3.07 bits per heavy atom. The second-order valence-electron chi connectivity index (χ2n) is 3.11. The molecule has 0 bridgehead atoms. The number of nitrogens with two attached hydrogens (primary N) is 1. The Morgan fingerprint density at radius 1 is 1.71 bits per heavy atom. The molecule has 0 aliphatic carbocycles. The molecule has 0 amide bonds. The van der Waals surface area contributed by atoms with Crippen LogP contribution in [0, 0.1) is 19.3 Å². The largest absolute Gasteiger partial charge is 0.329 e. The smallest absolute Gasteiger partial charge is 0.0579 e. The van der Waals surface area contributed by atoms with Crippen LogP contribution in [0.15, 0.2) is 18.5 Å². The standard InChI is InChI=1S/C11H15N3/c1-3-5-14-11(7-12)10-8-13-6-4-9(10)2/h1,4,6,8,11,14H,5,7,12H2,2H3. The lowest BCUT2D eigenvalue weighted by Gasteiger charge is -2.17. The highest BCUT2D eigenvalue weighted by atomic mass is 14.9. The molecule has 0 saturated carbocycles. The first-order valence-corrected chi connectivity index (χ1v) is 4.57. The van der Waals surface area contributed by atoms with Crippen molar-refractivity contribution in [1.82, 2.24) is 10.3 Å². The van der Waals surface area contributed by atoms with Crippen molar-refractivity contribution < 1.29 is 0 Å². The summed E-state index contributed by atoms with van der Waals surface area (Å²) in [6, 6.07) is 2.06.